The van der Waals surface area contributed by atoms with Gasteiger partial charge in [0.1, 0.15) is 11.8 Å². The van der Waals surface area contributed by atoms with Crippen molar-refractivity contribution in [2.24, 2.45) is 0 Å². The Kier molecular flexibility index (Phi) is 7.00. The Bertz CT molecular complexity index is 1020. The van der Waals surface area contributed by atoms with Crippen molar-refractivity contribution >= 4 is 45.8 Å². The molecule has 2 heterocycles. The molecule has 1 amide bonds. The largest absolute Gasteiger partial charge is 0.451 e. The number of rotatable bonds is 7. The van der Waals surface area contributed by atoms with Gasteiger partial charge in [0.2, 0.25) is 0 Å². The Morgan fingerprint density at radius 3 is 2.65 bits per heavy atom. The van der Waals surface area contributed by atoms with Gasteiger partial charge in [0.15, 0.2) is 5.76 Å². The van der Waals surface area contributed by atoms with E-state index >= 15 is 0 Å². The van der Waals surface area contributed by atoms with Gasteiger partial charge in [0.25, 0.3) is 5.91 Å². The zero-order valence-electron chi connectivity index (χ0n) is 17.0. The number of fused-ring (bicyclic) bond motifs is 1. The van der Waals surface area contributed by atoms with Gasteiger partial charge in [-0.3, -0.25) is 9.69 Å². The summed E-state index contributed by atoms with van der Waals surface area (Å²) in [5, 5.41) is 4.70. The number of alkyl halides is 1. The number of hydrogen-bond acceptors (Lipinski definition) is 4. The van der Waals surface area contributed by atoms with Gasteiger partial charge in [-0.1, -0.05) is 47.5 Å². The standard InChI is InChI=1S/C23H24Cl2FN3O2/c24-18-5-3-6-19(22(18)25)29-12-10-28(11-13-29)15-17(26)8-9-27-23(30)21-14-16-4-1-2-7-20(16)31-21/h1-7,14,17H,8-13,15H2,(H,27,30). The van der Waals surface area contributed by atoms with E-state index in [9.17, 15) is 9.18 Å². The number of carbonyl (C=O) groups is 1. The molecule has 5 nitrogen and oxygen atoms in total. The fourth-order valence-electron chi connectivity index (χ4n) is 3.80. The van der Waals surface area contributed by atoms with Crippen molar-refractivity contribution in [3.8, 4) is 0 Å². The van der Waals surface area contributed by atoms with Crippen LogP contribution in [0.2, 0.25) is 10.0 Å². The van der Waals surface area contributed by atoms with Gasteiger partial charge in [0, 0.05) is 44.7 Å². The van der Waals surface area contributed by atoms with Crippen LogP contribution >= 0.6 is 23.2 Å². The lowest BCUT2D eigenvalue weighted by Crippen LogP contribution is -2.48. The van der Waals surface area contributed by atoms with E-state index in [1.54, 1.807) is 12.1 Å². The molecular formula is C23H24Cl2FN3O2. The monoisotopic (exact) mass is 463 g/mol. The van der Waals surface area contributed by atoms with Gasteiger partial charge in [-0.15, -0.1) is 0 Å². The maximum Gasteiger partial charge on any atom is 0.287 e. The molecule has 4 rings (SSSR count). The predicted molar refractivity (Wildman–Crippen MR) is 123 cm³/mol. The highest BCUT2D eigenvalue weighted by molar-refractivity contribution is 6.43. The summed E-state index contributed by atoms with van der Waals surface area (Å²) in [4.78, 5) is 16.5. The maximum absolute atomic E-state index is 14.5. The van der Waals surface area contributed by atoms with Gasteiger partial charge in [-0.2, -0.15) is 0 Å². The number of nitrogens with one attached hydrogen (secondary N) is 1. The number of benzene rings is 2. The molecule has 31 heavy (non-hydrogen) atoms. The molecule has 1 N–H and O–H groups in total. The summed E-state index contributed by atoms with van der Waals surface area (Å²) in [5.74, 6) is -0.0807. The van der Waals surface area contributed by atoms with E-state index in [1.165, 1.54) is 0 Å². The highest BCUT2D eigenvalue weighted by atomic mass is 35.5. The van der Waals surface area contributed by atoms with Crippen LogP contribution in [0.25, 0.3) is 11.0 Å². The third kappa shape index (κ3) is 5.32. The Morgan fingerprint density at radius 1 is 1.10 bits per heavy atom. The molecule has 1 aromatic heterocycles. The van der Waals surface area contributed by atoms with Crippen molar-refractivity contribution in [1.29, 1.82) is 0 Å². The fraction of sp³-hybridized carbons (Fsp3) is 0.348. The molecular weight excluding hydrogens is 440 g/mol. The minimum atomic E-state index is -1.02. The highest BCUT2D eigenvalue weighted by Crippen LogP contribution is 2.32. The van der Waals surface area contributed by atoms with Crippen LogP contribution in [0.5, 0.6) is 0 Å². The molecule has 1 fully saturated rings. The lowest BCUT2D eigenvalue weighted by molar-refractivity contribution is 0.0922. The Hall–Kier alpha value is -2.28. The Balaban J connectivity index is 1.19. The number of halogens is 3. The first kappa shape index (κ1) is 21.9. The molecule has 2 aromatic carbocycles. The van der Waals surface area contributed by atoms with Gasteiger partial charge in [-0.05, 0) is 30.7 Å². The highest BCUT2D eigenvalue weighted by Gasteiger charge is 2.22. The molecule has 0 saturated carbocycles. The summed E-state index contributed by atoms with van der Waals surface area (Å²) in [6.07, 6.45) is -0.760. The first-order valence-corrected chi connectivity index (χ1v) is 11.1. The molecule has 8 heteroatoms. The number of piperazine rings is 1. The van der Waals surface area contributed by atoms with E-state index in [2.05, 4.69) is 15.1 Å². The van der Waals surface area contributed by atoms with E-state index in [0.29, 0.717) is 22.2 Å². The van der Waals surface area contributed by atoms with Crippen molar-refractivity contribution in [3.05, 3.63) is 64.3 Å². The summed E-state index contributed by atoms with van der Waals surface area (Å²) >= 11 is 12.4. The van der Waals surface area contributed by atoms with Crippen LogP contribution in [0.3, 0.4) is 0 Å². The summed E-state index contributed by atoms with van der Waals surface area (Å²) in [6.45, 7) is 3.61. The first-order chi connectivity index (χ1) is 15.0. The molecule has 1 aliphatic rings. The van der Waals surface area contributed by atoms with Crippen molar-refractivity contribution in [2.45, 2.75) is 12.6 Å². The number of amides is 1. The maximum atomic E-state index is 14.5. The lowest BCUT2D eigenvalue weighted by Gasteiger charge is -2.37. The van der Waals surface area contributed by atoms with Crippen molar-refractivity contribution in [1.82, 2.24) is 10.2 Å². The van der Waals surface area contributed by atoms with Crippen LogP contribution in [-0.2, 0) is 0 Å². The summed E-state index contributed by atoms with van der Waals surface area (Å²) in [7, 11) is 0. The second-order valence-corrected chi connectivity index (χ2v) is 8.44. The van der Waals surface area contributed by atoms with Gasteiger partial charge in [0.05, 0.1) is 15.7 Å². The molecule has 1 atom stereocenters. The van der Waals surface area contributed by atoms with Crippen LogP contribution < -0.4 is 10.2 Å². The molecule has 0 spiro atoms. The molecule has 0 aliphatic carbocycles. The molecule has 0 bridgehead atoms. The molecule has 0 radical (unpaired) electrons. The molecule has 3 aromatic rings. The number of para-hydroxylation sites is 1. The number of anilines is 1. The quantitative estimate of drug-likeness (QED) is 0.534. The SMILES string of the molecule is O=C(NCCC(F)CN1CCN(c2cccc(Cl)c2Cl)CC1)c1cc2ccccc2o1. The van der Waals surface area contributed by atoms with Crippen LogP contribution in [0, 0.1) is 0 Å². The average Bonchev–Trinajstić information content (AvgIpc) is 3.21. The lowest BCUT2D eigenvalue weighted by atomic mass is 10.2. The van der Waals surface area contributed by atoms with Crippen molar-refractivity contribution in [2.75, 3.05) is 44.2 Å². The van der Waals surface area contributed by atoms with Gasteiger partial charge < -0.3 is 14.6 Å². The zero-order valence-corrected chi connectivity index (χ0v) is 18.5. The van der Waals surface area contributed by atoms with E-state index in [4.69, 9.17) is 27.6 Å². The van der Waals surface area contributed by atoms with Gasteiger partial charge in [-0.25, -0.2) is 4.39 Å². The van der Waals surface area contributed by atoms with Crippen molar-refractivity contribution < 1.29 is 13.6 Å². The second kappa shape index (κ2) is 9.90. The molecule has 1 unspecified atom stereocenters. The zero-order chi connectivity index (χ0) is 21.8. The van der Waals surface area contributed by atoms with Crippen LogP contribution in [0.1, 0.15) is 17.0 Å². The summed E-state index contributed by atoms with van der Waals surface area (Å²) < 4.78 is 20.0. The minimum absolute atomic E-state index is 0.243. The van der Waals surface area contributed by atoms with Crippen LogP contribution in [-0.4, -0.2) is 56.2 Å². The van der Waals surface area contributed by atoms with E-state index < -0.39 is 6.17 Å². The average molecular weight is 464 g/mol. The molecule has 164 valence electrons. The van der Waals surface area contributed by atoms with E-state index in [-0.39, 0.29) is 24.6 Å². The molecule has 1 aliphatic heterocycles. The first-order valence-electron chi connectivity index (χ1n) is 10.3. The number of carbonyl (C=O) groups excluding carboxylic acids is 1. The number of furan rings is 1. The summed E-state index contributed by atoms with van der Waals surface area (Å²) in [6, 6.07) is 14.7. The van der Waals surface area contributed by atoms with E-state index in [1.807, 2.05) is 36.4 Å². The topological polar surface area (TPSA) is 48.7 Å². The Morgan fingerprint density at radius 2 is 1.87 bits per heavy atom. The van der Waals surface area contributed by atoms with Gasteiger partial charge >= 0.3 is 0 Å². The van der Waals surface area contributed by atoms with E-state index in [0.717, 1.165) is 37.3 Å². The number of nitrogens with zero attached hydrogens (tertiary/aromatic N) is 2. The third-order valence-electron chi connectivity index (χ3n) is 5.49. The Labute approximate surface area is 190 Å². The summed E-state index contributed by atoms with van der Waals surface area (Å²) in [5.41, 5.74) is 1.58. The number of hydrogen-bond donors (Lipinski definition) is 1. The fourth-order valence-corrected chi connectivity index (χ4v) is 4.22. The van der Waals surface area contributed by atoms with Crippen LogP contribution in [0.15, 0.2) is 52.9 Å². The predicted octanol–water partition coefficient (Wildman–Crippen LogP) is 5.02. The normalized spacial score (nSPS) is 15.9. The molecule has 1 saturated heterocycles. The smallest absolute Gasteiger partial charge is 0.287 e. The van der Waals surface area contributed by atoms with Crippen LogP contribution in [0.4, 0.5) is 10.1 Å². The second-order valence-electron chi connectivity index (χ2n) is 7.65. The minimum Gasteiger partial charge on any atom is -0.451 e. The third-order valence-corrected chi connectivity index (χ3v) is 6.30. The van der Waals surface area contributed by atoms with Crippen molar-refractivity contribution in [3.63, 3.8) is 0 Å².